The van der Waals surface area contributed by atoms with Crippen LogP contribution in [0.15, 0.2) is 83.7 Å². The Balaban J connectivity index is 1.93. The van der Waals surface area contributed by atoms with E-state index in [0.29, 0.717) is 33.4 Å². The standard InChI is InChI=1S/C23H17FN2O2/c1-26-19-10-6-5-9-18(19)21(27)20(15-7-3-2-4-8-15)22(26)25-23(28)16-11-13-17(24)14-12-16/h2-14H,1H3,(H,25,28). The lowest BCUT2D eigenvalue weighted by Crippen LogP contribution is -2.21. The Labute approximate surface area is 160 Å². The molecule has 3 aromatic carbocycles. The van der Waals surface area contributed by atoms with Gasteiger partial charge in [-0.15, -0.1) is 0 Å². The van der Waals surface area contributed by atoms with Crippen molar-refractivity contribution in [3.8, 4) is 11.1 Å². The number of para-hydroxylation sites is 1. The third-order valence-corrected chi connectivity index (χ3v) is 4.71. The van der Waals surface area contributed by atoms with E-state index >= 15 is 0 Å². The molecule has 0 radical (unpaired) electrons. The van der Waals surface area contributed by atoms with Crippen molar-refractivity contribution in [2.75, 3.05) is 5.32 Å². The van der Waals surface area contributed by atoms with E-state index in [1.165, 1.54) is 24.3 Å². The lowest BCUT2D eigenvalue weighted by atomic mass is 10.0. The molecule has 138 valence electrons. The number of amides is 1. The molecule has 0 aliphatic rings. The van der Waals surface area contributed by atoms with Crippen molar-refractivity contribution in [3.05, 3.63) is 100 Å². The molecule has 1 N–H and O–H groups in total. The van der Waals surface area contributed by atoms with E-state index < -0.39 is 11.7 Å². The lowest BCUT2D eigenvalue weighted by Gasteiger charge is -2.18. The average molecular weight is 372 g/mol. The van der Waals surface area contributed by atoms with E-state index in [1.54, 1.807) is 17.7 Å². The summed E-state index contributed by atoms with van der Waals surface area (Å²) in [5.41, 5.74) is 1.98. The van der Waals surface area contributed by atoms with Gasteiger partial charge >= 0.3 is 0 Å². The lowest BCUT2D eigenvalue weighted by molar-refractivity contribution is 0.102. The van der Waals surface area contributed by atoms with Crippen molar-refractivity contribution in [1.29, 1.82) is 0 Å². The van der Waals surface area contributed by atoms with E-state index in [2.05, 4.69) is 5.32 Å². The molecular formula is C23H17FN2O2. The van der Waals surface area contributed by atoms with Crippen LogP contribution in [0.2, 0.25) is 0 Å². The van der Waals surface area contributed by atoms with Gasteiger partial charge in [0.2, 0.25) is 0 Å². The van der Waals surface area contributed by atoms with Gasteiger partial charge in [0, 0.05) is 18.0 Å². The van der Waals surface area contributed by atoms with Gasteiger partial charge in [-0.25, -0.2) is 4.39 Å². The van der Waals surface area contributed by atoms with Crippen LogP contribution in [0.1, 0.15) is 10.4 Å². The highest BCUT2D eigenvalue weighted by molar-refractivity contribution is 6.06. The summed E-state index contributed by atoms with van der Waals surface area (Å²) in [6.45, 7) is 0. The number of nitrogens with one attached hydrogen (secondary N) is 1. The summed E-state index contributed by atoms with van der Waals surface area (Å²) in [7, 11) is 1.80. The molecule has 0 fully saturated rings. The molecule has 0 saturated heterocycles. The third kappa shape index (κ3) is 3.07. The fourth-order valence-electron chi connectivity index (χ4n) is 3.29. The van der Waals surface area contributed by atoms with Gasteiger partial charge in [-0.1, -0.05) is 42.5 Å². The number of halogens is 1. The number of carbonyl (C=O) groups is 1. The minimum absolute atomic E-state index is 0.158. The first-order valence-corrected chi connectivity index (χ1v) is 8.80. The first-order chi connectivity index (χ1) is 13.6. The van der Waals surface area contributed by atoms with Crippen LogP contribution >= 0.6 is 0 Å². The van der Waals surface area contributed by atoms with Crippen LogP contribution < -0.4 is 10.7 Å². The summed E-state index contributed by atoms with van der Waals surface area (Å²) in [5.74, 6) is -0.439. The maximum atomic E-state index is 13.3. The van der Waals surface area contributed by atoms with Crippen LogP contribution in [0, 0.1) is 5.82 Å². The Morgan fingerprint density at radius 2 is 1.54 bits per heavy atom. The van der Waals surface area contributed by atoms with Gasteiger partial charge in [0.1, 0.15) is 11.6 Å². The van der Waals surface area contributed by atoms with E-state index in [0.717, 1.165) is 0 Å². The summed E-state index contributed by atoms with van der Waals surface area (Å²) in [6.07, 6.45) is 0. The van der Waals surface area contributed by atoms with Crippen LogP contribution in [0.4, 0.5) is 10.2 Å². The zero-order chi connectivity index (χ0) is 19.7. The fourth-order valence-corrected chi connectivity index (χ4v) is 3.29. The molecule has 28 heavy (non-hydrogen) atoms. The number of hydrogen-bond acceptors (Lipinski definition) is 2. The molecule has 1 heterocycles. The molecule has 4 aromatic rings. The molecule has 0 aliphatic carbocycles. The quantitative estimate of drug-likeness (QED) is 0.572. The van der Waals surface area contributed by atoms with Gasteiger partial charge < -0.3 is 9.88 Å². The molecule has 4 rings (SSSR count). The molecule has 1 amide bonds. The minimum Gasteiger partial charge on any atom is -0.330 e. The van der Waals surface area contributed by atoms with E-state index in [4.69, 9.17) is 0 Å². The Morgan fingerprint density at radius 3 is 2.25 bits per heavy atom. The second-order valence-corrected chi connectivity index (χ2v) is 6.46. The zero-order valence-electron chi connectivity index (χ0n) is 15.1. The summed E-state index contributed by atoms with van der Waals surface area (Å²) in [4.78, 5) is 26.0. The molecule has 0 bridgehead atoms. The van der Waals surface area contributed by atoms with Crippen LogP contribution in [-0.4, -0.2) is 10.5 Å². The summed E-state index contributed by atoms with van der Waals surface area (Å²) < 4.78 is 15.0. The van der Waals surface area contributed by atoms with E-state index in [1.807, 2.05) is 48.5 Å². The van der Waals surface area contributed by atoms with Crippen LogP contribution in [0.3, 0.4) is 0 Å². The van der Waals surface area contributed by atoms with Gasteiger partial charge in [0.05, 0.1) is 11.1 Å². The minimum atomic E-state index is -0.417. The summed E-state index contributed by atoms with van der Waals surface area (Å²) >= 11 is 0. The highest BCUT2D eigenvalue weighted by atomic mass is 19.1. The van der Waals surface area contributed by atoms with Gasteiger partial charge in [-0.2, -0.15) is 0 Å². The monoisotopic (exact) mass is 372 g/mol. The Morgan fingerprint density at radius 1 is 0.893 bits per heavy atom. The Hall–Kier alpha value is -3.73. The second-order valence-electron chi connectivity index (χ2n) is 6.46. The predicted molar refractivity (Wildman–Crippen MR) is 109 cm³/mol. The zero-order valence-corrected chi connectivity index (χ0v) is 15.1. The molecule has 1 aromatic heterocycles. The molecule has 0 saturated carbocycles. The van der Waals surface area contributed by atoms with Crippen LogP contribution in [-0.2, 0) is 7.05 Å². The second kappa shape index (κ2) is 7.12. The smallest absolute Gasteiger partial charge is 0.256 e. The summed E-state index contributed by atoms with van der Waals surface area (Å²) in [6, 6.07) is 21.8. The number of carbonyl (C=O) groups excluding carboxylic acids is 1. The third-order valence-electron chi connectivity index (χ3n) is 4.71. The largest absolute Gasteiger partial charge is 0.330 e. The molecule has 4 nitrogen and oxygen atoms in total. The summed E-state index contributed by atoms with van der Waals surface area (Å²) in [5, 5.41) is 3.42. The Kier molecular flexibility index (Phi) is 4.49. The molecular weight excluding hydrogens is 355 g/mol. The maximum absolute atomic E-state index is 13.3. The average Bonchev–Trinajstić information content (AvgIpc) is 2.73. The van der Waals surface area contributed by atoms with Crippen molar-refractivity contribution in [2.45, 2.75) is 0 Å². The number of pyridine rings is 1. The number of hydrogen-bond donors (Lipinski definition) is 1. The molecule has 0 aliphatic heterocycles. The number of rotatable bonds is 3. The number of benzene rings is 3. The number of aromatic nitrogens is 1. The first-order valence-electron chi connectivity index (χ1n) is 8.80. The van der Waals surface area contributed by atoms with Crippen LogP contribution in [0.5, 0.6) is 0 Å². The Bertz CT molecular complexity index is 1230. The van der Waals surface area contributed by atoms with Crippen molar-refractivity contribution >= 4 is 22.6 Å². The highest BCUT2D eigenvalue weighted by Crippen LogP contribution is 2.28. The van der Waals surface area contributed by atoms with Gasteiger partial charge in [-0.05, 0) is 42.0 Å². The molecule has 0 spiro atoms. The maximum Gasteiger partial charge on any atom is 0.256 e. The SMILES string of the molecule is Cn1c(NC(=O)c2ccc(F)cc2)c(-c2ccccc2)c(=O)c2ccccc21. The van der Waals surface area contributed by atoms with Gasteiger partial charge in [0.15, 0.2) is 5.43 Å². The number of fused-ring (bicyclic) bond motifs is 1. The highest BCUT2D eigenvalue weighted by Gasteiger charge is 2.19. The molecule has 0 unspecified atom stereocenters. The van der Waals surface area contributed by atoms with Crippen LogP contribution in [0.25, 0.3) is 22.0 Å². The van der Waals surface area contributed by atoms with E-state index in [-0.39, 0.29) is 5.43 Å². The van der Waals surface area contributed by atoms with Gasteiger partial charge in [-0.3, -0.25) is 9.59 Å². The topological polar surface area (TPSA) is 51.1 Å². The molecule has 0 atom stereocenters. The van der Waals surface area contributed by atoms with E-state index in [9.17, 15) is 14.0 Å². The van der Waals surface area contributed by atoms with Crippen molar-refractivity contribution in [1.82, 2.24) is 4.57 Å². The number of nitrogens with zero attached hydrogens (tertiary/aromatic N) is 1. The molecule has 5 heteroatoms. The normalized spacial score (nSPS) is 10.8. The number of anilines is 1. The van der Waals surface area contributed by atoms with Crippen molar-refractivity contribution < 1.29 is 9.18 Å². The predicted octanol–water partition coefficient (Wildman–Crippen LogP) is 4.60. The fraction of sp³-hybridized carbons (Fsp3) is 0.0435. The first kappa shape index (κ1) is 17.7. The van der Waals surface area contributed by atoms with Crippen molar-refractivity contribution in [2.24, 2.45) is 7.05 Å². The van der Waals surface area contributed by atoms with Gasteiger partial charge in [0.25, 0.3) is 5.91 Å². The van der Waals surface area contributed by atoms with Crippen molar-refractivity contribution in [3.63, 3.8) is 0 Å². The number of aryl methyl sites for hydroxylation is 1.